The first-order chi connectivity index (χ1) is 7.88. The Morgan fingerprint density at radius 3 is 2.35 bits per heavy atom. The van der Waals surface area contributed by atoms with E-state index in [2.05, 4.69) is 4.74 Å². The molecule has 96 valence electrons. The Kier molecular flexibility index (Phi) is 5.30. The molecule has 0 radical (unpaired) electrons. The maximum Gasteiger partial charge on any atom is 0.522 e. The molecule has 1 aromatic rings. The van der Waals surface area contributed by atoms with E-state index in [-0.39, 0.29) is 18.4 Å². The topological polar surface area (TPSA) is 35.2 Å². The van der Waals surface area contributed by atoms with Gasteiger partial charge in [0.25, 0.3) is 0 Å². The zero-order valence-electron chi connectivity index (χ0n) is 9.33. The predicted molar refractivity (Wildman–Crippen MR) is 61.8 cm³/mol. The van der Waals surface area contributed by atoms with Gasteiger partial charge in [-0.3, -0.25) is 4.74 Å². The van der Waals surface area contributed by atoms with Crippen molar-refractivity contribution in [1.82, 2.24) is 0 Å². The SMILES string of the molecule is CC(N)c1ccc(SCCOC(F)(F)F)cc1. The minimum Gasteiger partial charge on any atom is -0.324 e. The van der Waals surface area contributed by atoms with Gasteiger partial charge in [-0.1, -0.05) is 12.1 Å². The van der Waals surface area contributed by atoms with Crippen LogP contribution in [0.3, 0.4) is 0 Å². The summed E-state index contributed by atoms with van der Waals surface area (Å²) in [5, 5.41) is 0. The molecule has 1 rings (SSSR count). The molecule has 2 nitrogen and oxygen atoms in total. The Morgan fingerprint density at radius 1 is 1.29 bits per heavy atom. The lowest BCUT2D eigenvalue weighted by Crippen LogP contribution is -2.15. The largest absolute Gasteiger partial charge is 0.522 e. The van der Waals surface area contributed by atoms with Crippen molar-refractivity contribution in [1.29, 1.82) is 0 Å². The van der Waals surface area contributed by atoms with Gasteiger partial charge >= 0.3 is 6.36 Å². The zero-order valence-corrected chi connectivity index (χ0v) is 10.1. The van der Waals surface area contributed by atoms with Crippen molar-refractivity contribution in [3.8, 4) is 0 Å². The molecule has 0 aliphatic carbocycles. The molecule has 0 saturated carbocycles. The predicted octanol–water partition coefficient (Wildman–Crippen LogP) is 3.33. The summed E-state index contributed by atoms with van der Waals surface area (Å²) in [6.45, 7) is 1.53. The first kappa shape index (κ1) is 14.3. The molecule has 1 unspecified atom stereocenters. The number of hydrogen-bond acceptors (Lipinski definition) is 3. The fraction of sp³-hybridized carbons (Fsp3) is 0.455. The summed E-state index contributed by atoms with van der Waals surface area (Å²) in [6.07, 6.45) is -4.54. The Bertz CT molecular complexity index is 338. The van der Waals surface area contributed by atoms with Crippen molar-refractivity contribution in [3.63, 3.8) is 0 Å². The molecular formula is C11H14F3NOS. The van der Waals surface area contributed by atoms with Crippen LogP contribution in [0.15, 0.2) is 29.2 Å². The average Bonchev–Trinajstić information content (AvgIpc) is 2.24. The number of alkyl halides is 3. The summed E-state index contributed by atoms with van der Waals surface area (Å²) < 4.78 is 38.7. The quantitative estimate of drug-likeness (QED) is 0.655. The van der Waals surface area contributed by atoms with Gasteiger partial charge in [0.1, 0.15) is 0 Å². The van der Waals surface area contributed by atoms with Crippen LogP contribution < -0.4 is 5.73 Å². The molecule has 17 heavy (non-hydrogen) atoms. The highest BCUT2D eigenvalue weighted by Crippen LogP contribution is 2.22. The van der Waals surface area contributed by atoms with E-state index >= 15 is 0 Å². The number of hydrogen-bond donors (Lipinski definition) is 1. The van der Waals surface area contributed by atoms with Gasteiger partial charge in [0.05, 0.1) is 6.61 Å². The van der Waals surface area contributed by atoms with E-state index in [1.54, 1.807) is 0 Å². The second-order valence-electron chi connectivity index (χ2n) is 3.50. The lowest BCUT2D eigenvalue weighted by atomic mass is 10.1. The van der Waals surface area contributed by atoms with Crippen LogP contribution in [-0.2, 0) is 4.74 Å². The summed E-state index contributed by atoms with van der Waals surface area (Å²) in [4.78, 5) is 0.903. The normalized spacial score (nSPS) is 13.7. The second kappa shape index (κ2) is 6.28. The van der Waals surface area contributed by atoms with E-state index in [1.807, 2.05) is 31.2 Å². The Hall–Kier alpha value is -0.720. The molecule has 0 aliphatic rings. The molecule has 0 amide bonds. The molecule has 2 N–H and O–H groups in total. The third kappa shape index (κ3) is 5.95. The van der Waals surface area contributed by atoms with Crippen LogP contribution in [0.2, 0.25) is 0 Å². The Morgan fingerprint density at radius 2 is 1.88 bits per heavy atom. The van der Waals surface area contributed by atoms with Gasteiger partial charge in [-0.15, -0.1) is 24.9 Å². The number of rotatable bonds is 5. The van der Waals surface area contributed by atoms with Gasteiger partial charge in [0.15, 0.2) is 0 Å². The standard InChI is InChI=1S/C11H14F3NOS/c1-8(15)9-2-4-10(5-3-9)17-7-6-16-11(12,13)14/h2-5,8H,6-7,15H2,1H3. The van der Waals surface area contributed by atoms with Crippen molar-refractivity contribution in [2.24, 2.45) is 5.73 Å². The molecule has 0 fully saturated rings. The van der Waals surface area contributed by atoms with E-state index < -0.39 is 6.36 Å². The van der Waals surface area contributed by atoms with Crippen LogP contribution in [0.25, 0.3) is 0 Å². The van der Waals surface area contributed by atoms with Gasteiger partial charge in [-0.25, -0.2) is 0 Å². The van der Waals surface area contributed by atoms with E-state index in [4.69, 9.17) is 5.73 Å². The highest BCUT2D eigenvalue weighted by Gasteiger charge is 2.28. The molecule has 0 aromatic heterocycles. The second-order valence-corrected chi connectivity index (χ2v) is 4.67. The molecule has 6 heteroatoms. The third-order valence-electron chi connectivity index (χ3n) is 2.02. The first-order valence-corrected chi connectivity index (χ1v) is 6.06. The molecule has 0 aliphatic heterocycles. The summed E-state index contributed by atoms with van der Waals surface area (Å²) >= 11 is 1.32. The van der Waals surface area contributed by atoms with Crippen LogP contribution >= 0.6 is 11.8 Å². The Labute approximate surface area is 102 Å². The fourth-order valence-corrected chi connectivity index (χ4v) is 1.92. The number of benzene rings is 1. The molecular weight excluding hydrogens is 251 g/mol. The molecule has 0 heterocycles. The van der Waals surface area contributed by atoms with Crippen LogP contribution in [0, 0.1) is 0 Å². The average molecular weight is 265 g/mol. The van der Waals surface area contributed by atoms with Gasteiger partial charge in [0, 0.05) is 16.7 Å². The molecule has 0 bridgehead atoms. The minimum atomic E-state index is -4.54. The molecule has 0 spiro atoms. The number of nitrogens with two attached hydrogens (primary N) is 1. The van der Waals surface area contributed by atoms with Crippen molar-refractivity contribution in [3.05, 3.63) is 29.8 Å². The molecule has 0 saturated heterocycles. The monoisotopic (exact) mass is 265 g/mol. The van der Waals surface area contributed by atoms with Gasteiger partial charge < -0.3 is 5.73 Å². The highest BCUT2D eigenvalue weighted by atomic mass is 32.2. The summed E-state index contributed by atoms with van der Waals surface area (Å²) in [6, 6.07) is 7.39. The van der Waals surface area contributed by atoms with Crippen LogP contribution in [-0.4, -0.2) is 18.7 Å². The van der Waals surface area contributed by atoms with Crippen molar-refractivity contribution in [2.75, 3.05) is 12.4 Å². The van der Waals surface area contributed by atoms with Crippen molar-refractivity contribution in [2.45, 2.75) is 24.2 Å². The number of thioether (sulfide) groups is 1. The first-order valence-electron chi connectivity index (χ1n) is 5.07. The summed E-state index contributed by atoms with van der Waals surface area (Å²) in [7, 11) is 0. The van der Waals surface area contributed by atoms with Crippen LogP contribution in [0.4, 0.5) is 13.2 Å². The summed E-state index contributed by atoms with van der Waals surface area (Å²) in [5.41, 5.74) is 6.68. The smallest absolute Gasteiger partial charge is 0.324 e. The maximum atomic E-state index is 11.7. The minimum absolute atomic E-state index is 0.0392. The van der Waals surface area contributed by atoms with Crippen molar-refractivity contribution < 1.29 is 17.9 Å². The van der Waals surface area contributed by atoms with Crippen LogP contribution in [0.5, 0.6) is 0 Å². The summed E-state index contributed by atoms with van der Waals surface area (Å²) in [5.74, 6) is 0.261. The van der Waals surface area contributed by atoms with E-state index in [1.165, 1.54) is 11.8 Å². The van der Waals surface area contributed by atoms with E-state index in [0.717, 1.165) is 10.5 Å². The maximum absolute atomic E-state index is 11.7. The van der Waals surface area contributed by atoms with Gasteiger partial charge in [-0.05, 0) is 24.6 Å². The highest BCUT2D eigenvalue weighted by molar-refractivity contribution is 7.99. The van der Waals surface area contributed by atoms with Crippen molar-refractivity contribution >= 4 is 11.8 Å². The zero-order chi connectivity index (χ0) is 12.9. The van der Waals surface area contributed by atoms with Gasteiger partial charge in [0.2, 0.25) is 0 Å². The molecule has 1 aromatic carbocycles. The van der Waals surface area contributed by atoms with Crippen LogP contribution in [0.1, 0.15) is 18.5 Å². The number of halogens is 3. The van der Waals surface area contributed by atoms with Gasteiger partial charge in [-0.2, -0.15) is 0 Å². The number of ether oxygens (including phenoxy) is 1. The Balaban J connectivity index is 2.33. The lowest BCUT2D eigenvalue weighted by Gasteiger charge is -2.08. The van der Waals surface area contributed by atoms with E-state index in [0.29, 0.717) is 0 Å². The fourth-order valence-electron chi connectivity index (χ4n) is 1.18. The van der Waals surface area contributed by atoms with E-state index in [9.17, 15) is 13.2 Å². The molecule has 1 atom stereocenters. The third-order valence-corrected chi connectivity index (χ3v) is 3.00. The lowest BCUT2D eigenvalue weighted by molar-refractivity contribution is -0.322.